The highest BCUT2D eigenvalue weighted by Crippen LogP contribution is 2.14. The zero-order chi connectivity index (χ0) is 9.97. The summed E-state index contributed by atoms with van der Waals surface area (Å²) in [5, 5.41) is 21.0. The van der Waals surface area contributed by atoms with Gasteiger partial charge in [0.15, 0.2) is 0 Å². The number of benzene rings is 1. The molecule has 0 aliphatic heterocycles. The minimum Gasteiger partial charge on any atom is -0.258 e. The molecule has 0 saturated heterocycles. The van der Waals surface area contributed by atoms with Crippen LogP contribution in [0.2, 0.25) is 0 Å². The lowest BCUT2D eigenvalue weighted by Crippen LogP contribution is -1.96. The standard InChI is InChI=1S/C7H5N5O2.ClH/c13-12(14)7-3-1-2-6(4-7)11-5-8-9-10-11;/h1-5H;1H. The van der Waals surface area contributed by atoms with E-state index < -0.39 is 4.92 Å². The fraction of sp³-hybridized carbons (Fsp3) is 0. The van der Waals surface area contributed by atoms with Crippen molar-refractivity contribution in [3.8, 4) is 5.69 Å². The van der Waals surface area contributed by atoms with Crippen molar-refractivity contribution in [3.63, 3.8) is 0 Å². The summed E-state index contributed by atoms with van der Waals surface area (Å²) in [6, 6.07) is 6.07. The molecule has 0 saturated carbocycles. The van der Waals surface area contributed by atoms with Crippen LogP contribution in [0.25, 0.3) is 5.69 Å². The van der Waals surface area contributed by atoms with Crippen molar-refractivity contribution in [2.24, 2.45) is 0 Å². The Hall–Kier alpha value is -2.02. The van der Waals surface area contributed by atoms with Crippen LogP contribution in [0.3, 0.4) is 0 Å². The lowest BCUT2D eigenvalue weighted by atomic mass is 10.3. The van der Waals surface area contributed by atoms with Crippen LogP contribution in [0, 0.1) is 10.1 Å². The summed E-state index contributed by atoms with van der Waals surface area (Å²) in [4.78, 5) is 10.0. The number of nitro benzene ring substituents is 1. The van der Waals surface area contributed by atoms with Gasteiger partial charge >= 0.3 is 0 Å². The minimum absolute atomic E-state index is 0. The second-order valence-corrected chi connectivity index (χ2v) is 2.53. The van der Waals surface area contributed by atoms with Crippen LogP contribution in [0.1, 0.15) is 0 Å². The second kappa shape index (κ2) is 4.47. The molecule has 0 atom stereocenters. The third-order valence-electron chi connectivity index (χ3n) is 1.65. The summed E-state index contributed by atoms with van der Waals surface area (Å²) < 4.78 is 1.35. The molecule has 2 aromatic rings. The van der Waals surface area contributed by atoms with Crippen molar-refractivity contribution in [1.29, 1.82) is 0 Å². The van der Waals surface area contributed by atoms with Gasteiger partial charge in [0, 0.05) is 12.1 Å². The Labute approximate surface area is 90.3 Å². The number of tetrazole rings is 1. The van der Waals surface area contributed by atoms with Crippen molar-refractivity contribution in [2.45, 2.75) is 0 Å². The van der Waals surface area contributed by atoms with Crippen molar-refractivity contribution in [3.05, 3.63) is 40.7 Å². The number of hydrogen-bond acceptors (Lipinski definition) is 5. The Morgan fingerprint density at radius 3 is 2.80 bits per heavy atom. The topological polar surface area (TPSA) is 86.7 Å². The van der Waals surface area contributed by atoms with Gasteiger partial charge < -0.3 is 0 Å². The van der Waals surface area contributed by atoms with Gasteiger partial charge in [0.05, 0.1) is 10.6 Å². The SMILES string of the molecule is Cl.O=[N+]([O-])c1cccc(-n2cnnn2)c1. The van der Waals surface area contributed by atoms with Gasteiger partial charge in [-0.05, 0) is 16.5 Å². The lowest BCUT2D eigenvalue weighted by Gasteiger charge is -1.97. The van der Waals surface area contributed by atoms with Crippen molar-refractivity contribution in [1.82, 2.24) is 20.2 Å². The molecule has 78 valence electrons. The number of aromatic nitrogens is 4. The van der Waals surface area contributed by atoms with Gasteiger partial charge in [0.1, 0.15) is 6.33 Å². The molecule has 0 aliphatic carbocycles. The second-order valence-electron chi connectivity index (χ2n) is 2.53. The molecule has 8 heteroatoms. The first kappa shape index (κ1) is 11.1. The van der Waals surface area contributed by atoms with E-state index >= 15 is 0 Å². The van der Waals surface area contributed by atoms with E-state index in [-0.39, 0.29) is 18.1 Å². The maximum Gasteiger partial charge on any atom is 0.271 e. The summed E-state index contributed by atoms with van der Waals surface area (Å²) in [7, 11) is 0. The van der Waals surface area contributed by atoms with E-state index in [9.17, 15) is 10.1 Å². The Kier molecular flexibility index (Phi) is 3.29. The molecular weight excluding hydrogens is 222 g/mol. The molecule has 0 amide bonds. The number of non-ortho nitro benzene ring substituents is 1. The fourth-order valence-corrected chi connectivity index (χ4v) is 1.03. The number of halogens is 1. The molecule has 0 fully saturated rings. The van der Waals surface area contributed by atoms with E-state index in [4.69, 9.17) is 0 Å². The van der Waals surface area contributed by atoms with E-state index in [1.165, 1.54) is 23.1 Å². The summed E-state index contributed by atoms with van der Waals surface area (Å²) in [5.41, 5.74) is 0.571. The first-order valence-corrected chi connectivity index (χ1v) is 3.75. The Morgan fingerprint density at radius 1 is 1.40 bits per heavy atom. The van der Waals surface area contributed by atoms with E-state index in [0.717, 1.165) is 0 Å². The van der Waals surface area contributed by atoms with E-state index in [0.29, 0.717) is 5.69 Å². The van der Waals surface area contributed by atoms with Gasteiger partial charge in [-0.15, -0.1) is 17.5 Å². The first-order valence-electron chi connectivity index (χ1n) is 3.75. The predicted molar refractivity (Wildman–Crippen MR) is 53.1 cm³/mol. The molecule has 2 rings (SSSR count). The molecule has 0 spiro atoms. The van der Waals surface area contributed by atoms with Gasteiger partial charge in [0.2, 0.25) is 0 Å². The van der Waals surface area contributed by atoms with Crippen LogP contribution in [0.15, 0.2) is 30.6 Å². The normalized spacial score (nSPS) is 9.33. The molecule has 0 radical (unpaired) electrons. The summed E-state index contributed by atoms with van der Waals surface area (Å²) in [5.74, 6) is 0. The summed E-state index contributed by atoms with van der Waals surface area (Å²) >= 11 is 0. The average molecular weight is 228 g/mol. The van der Waals surface area contributed by atoms with Gasteiger partial charge in [-0.1, -0.05) is 6.07 Å². The van der Waals surface area contributed by atoms with Crippen molar-refractivity contribution >= 4 is 18.1 Å². The largest absolute Gasteiger partial charge is 0.271 e. The van der Waals surface area contributed by atoms with Gasteiger partial charge in [-0.25, -0.2) is 4.68 Å². The van der Waals surface area contributed by atoms with Crippen LogP contribution in [0.5, 0.6) is 0 Å². The molecule has 1 aromatic carbocycles. The number of nitrogens with zero attached hydrogens (tertiary/aromatic N) is 5. The molecule has 1 heterocycles. The molecule has 0 unspecified atom stereocenters. The number of hydrogen-bond donors (Lipinski definition) is 0. The molecule has 0 aliphatic rings. The molecule has 0 N–H and O–H groups in total. The van der Waals surface area contributed by atoms with Crippen LogP contribution in [-0.2, 0) is 0 Å². The molecular formula is C7H6ClN5O2. The van der Waals surface area contributed by atoms with Crippen LogP contribution < -0.4 is 0 Å². The Bertz CT molecular complexity index is 458. The quantitative estimate of drug-likeness (QED) is 0.564. The fourth-order valence-electron chi connectivity index (χ4n) is 1.03. The van der Waals surface area contributed by atoms with E-state index in [1.807, 2.05) is 0 Å². The Balaban J connectivity index is 0.00000112. The van der Waals surface area contributed by atoms with Crippen LogP contribution >= 0.6 is 12.4 Å². The average Bonchev–Trinajstić information content (AvgIpc) is 2.71. The predicted octanol–water partition coefficient (Wildman–Crippen LogP) is 0.992. The maximum absolute atomic E-state index is 10.5. The first-order chi connectivity index (χ1) is 6.77. The highest BCUT2D eigenvalue weighted by Gasteiger charge is 2.06. The van der Waals surface area contributed by atoms with Crippen LogP contribution in [-0.4, -0.2) is 25.1 Å². The van der Waals surface area contributed by atoms with E-state index in [1.54, 1.807) is 12.1 Å². The third kappa shape index (κ3) is 2.26. The van der Waals surface area contributed by atoms with Gasteiger partial charge in [-0.2, -0.15) is 0 Å². The molecule has 0 bridgehead atoms. The highest BCUT2D eigenvalue weighted by atomic mass is 35.5. The highest BCUT2D eigenvalue weighted by molar-refractivity contribution is 5.85. The zero-order valence-electron chi connectivity index (χ0n) is 7.35. The van der Waals surface area contributed by atoms with Crippen molar-refractivity contribution < 1.29 is 4.92 Å². The molecule has 7 nitrogen and oxygen atoms in total. The lowest BCUT2D eigenvalue weighted by molar-refractivity contribution is -0.384. The van der Waals surface area contributed by atoms with Gasteiger partial charge in [0.25, 0.3) is 5.69 Å². The molecule has 15 heavy (non-hydrogen) atoms. The van der Waals surface area contributed by atoms with Crippen molar-refractivity contribution in [2.75, 3.05) is 0 Å². The van der Waals surface area contributed by atoms with Gasteiger partial charge in [-0.3, -0.25) is 10.1 Å². The molecule has 1 aromatic heterocycles. The third-order valence-corrected chi connectivity index (χ3v) is 1.65. The summed E-state index contributed by atoms with van der Waals surface area (Å²) in [6.07, 6.45) is 1.37. The Morgan fingerprint density at radius 2 is 2.20 bits per heavy atom. The minimum atomic E-state index is -0.464. The van der Waals surface area contributed by atoms with E-state index in [2.05, 4.69) is 15.5 Å². The monoisotopic (exact) mass is 227 g/mol. The zero-order valence-corrected chi connectivity index (χ0v) is 8.16. The van der Waals surface area contributed by atoms with Crippen LogP contribution in [0.4, 0.5) is 5.69 Å². The number of nitro groups is 1. The number of rotatable bonds is 2. The smallest absolute Gasteiger partial charge is 0.258 e. The maximum atomic E-state index is 10.5. The summed E-state index contributed by atoms with van der Waals surface area (Å²) in [6.45, 7) is 0.